The van der Waals surface area contributed by atoms with Crippen molar-refractivity contribution in [1.29, 1.82) is 0 Å². The van der Waals surface area contributed by atoms with Crippen molar-refractivity contribution in [3.05, 3.63) is 55.2 Å². The Labute approximate surface area is 145 Å². The summed E-state index contributed by atoms with van der Waals surface area (Å²) in [5, 5.41) is 0. The monoisotopic (exact) mass is 360 g/mol. The Morgan fingerprint density at radius 3 is 2.56 bits per heavy atom. The molecule has 0 saturated heterocycles. The normalized spacial score (nSPS) is 11.1. The van der Waals surface area contributed by atoms with Gasteiger partial charge in [0, 0.05) is 18.5 Å². The van der Waals surface area contributed by atoms with Crippen LogP contribution in [0.3, 0.4) is 0 Å². The fraction of sp³-hybridized carbons (Fsp3) is 0.125. The fourth-order valence-electron chi connectivity index (χ4n) is 2.20. The van der Waals surface area contributed by atoms with Crippen molar-refractivity contribution in [3.63, 3.8) is 0 Å². The molecular formula is C16H16N4O4S. The number of pyridine rings is 1. The van der Waals surface area contributed by atoms with Gasteiger partial charge in [-0.15, -0.1) is 0 Å². The average molecular weight is 360 g/mol. The minimum Gasteiger partial charge on any atom is -0.497 e. The molecule has 0 fully saturated rings. The van der Waals surface area contributed by atoms with E-state index in [9.17, 15) is 8.42 Å². The first-order valence-electron chi connectivity index (χ1n) is 7.23. The van der Waals surface area contributed by atoms with Gasteiger partial charge in [-0.25, -0.2) is 18.4 Å². The maximum atomic E-state index is 12.7. The van der Waals surface area contributed by atoms with E-state index in [1.165, 1.54) is 32.5 Å². The van der Waals surface area contributed by atoms with Crippen molar-refractivity contribution in [2.75, 3.05) is 18.9 Å². The highest BCUT2D eigenvalue weighted by atomic mass is 32.2. The SMILES string of the molecule is COc1ccc(OC)c(S(=O)(=O)Nc2ccc(-n3ccnc3)nc2)c1. The molecule has 0 unspecified atom stereocenters. The Bertz CT molecular complexity index is 954. The molecule has 130 valence electrons. The minimum absolute atomic E-state index is 0.0203. The lowest BCUT2D eigenvalue weighted by Crippen LogP contribution is -2.14. The van der Waals surface area contributed by atoms with Gasteiger partial charge < -0.3 is 9.47 Å². The van der Waals surface area contributed by atoms with Gasteiger partial charge in [-0.05, 0) is 24.3 Å². The van der Waals surface area contributed by atoms with E-state index in [0.29, 0.717) is 17.3 Å². The van der Waals surface area contributed by atoms with E-state index < -0.39 is 10.0 Å². The van der Waals surface area contributed by atoms with Crippen LogP contribution in [0.15, 0.2) is 60.1 Å². The molecule has 0 aliphatic carbocycles. The smallest absolute Gasteiger partial charge is 0.265 e. The number of imidazole rings is 1. The summed E-state index contributed by atoms with van der Waals surface area (Å²) in [5.74, 6) is 1.26. The van der Waals surface area contributed by atoms with Crippen LogP contribution in [0.25, 0.3) is 5.82 Å². The Kier molecular flexibility index (Phi) is 4.57. The summed E-state index contributed by atoms with van der Waals surface area (Å²) >= 11 is 0. The summed E-state index contributed by atoms with van der Waals surface area (Å²) in [6.45, 7) is 0. The molecule has 2 aromatic heterocycles. The number of sulfonamides is 1. The Hall–Kier alpha value is -3.07. The number of methoxy groups -OCH3 is 2. The summed E-state index contributed by atoms with van der Waals surface area (Å²) in [7, 11) is -1.00. The van der Waals surface area contributed by atoms with Crippen LogP contribution in [0.4, 0.5) is 5.69 Å². The van der Waals surface area contributed by atoms with Gasteiger partial charge in [-0.1, -0.05) is 0 Å². The molecule has 0 bridgehead atoms. The van der Waals surface area contributed by atoms with E-state index in [2.05, 4.69) is 14.7 Å². The van der Waals surface area contributed by atoms with Gasteiger partial charge >= 0.3 is 0 Å². The van der Waals surface area contributed by atoms with Gasteiger partial charge in [0.25, 0.3) is 10.0 Å². The summed E-state index contributed by atoms with van der Waals surface area (Å²) in [4.78, 5) is 8.14. The predicted octanol–water partition coefficient (Wildman–Crippen LogP) is 2.09. The van der Waals surface area contributed by atoms with Gasteiger partial charge in [-0.3, -0.25) is 9.29 Å². The lowest BCUT2D eigenvalue weighted by molar-refractivity contribution is 0.392. The topological polar surface area (TPSA) is 95.3 Å². The van der Waals surface area contributed by atoms with E-state index in [1.807, 2.05) is 0 Å². The van der Waals surface area contributed by atoms with E-state index in [0.717, 1.165) is 0 Å². The van der Waals surface area contributed by atoms with Crippen LogP contribution in [0, 0.1) is 0 Å². The second-order valence-electron chi connectivity index (χ2n) is 5.00. The van der Waals surface area contributed by atoms with Gasteiger partial charge in [0.15, 0.2) is 0 Å². The standard InChI is InChI=1S/C16H16N4O4S/c1-23-13-4-5-14(24-2)15(9-13)25(21,22)19-12-3-6-16(18-10-12)20-8-7-17-11-20/h3-11,19H,1-2H3. The Morgan fingerprint density at radius 2 is 1.96 bits per heavy atom. The van der Waals surface area contributed by atoms with Crippen LogP contribution in [0.1, 0.15) is 0 Å². The number of ether oxygens (including phenoxy) is 2. The highest BCUT2D eigenvalue weighted by Crippen LogP contribution is 2.29. The van der Waals surface area contributed by atoms with Crippen LogP contribution in [-0.2, 0) is 10.0 Å². The van der Waals surface area contributed by atoms with Crippen LogP contribution in [-0.4, -0.2) is 37.2 Å². The highest BCUT2D eigenvalue weighted by Gasteiger charge is 2.21. The number of hydrogen-bond donors (Lipinski definition) is 1. The fourth-order valence-corrected chi connectivity index (χ4v) is 3.43. The molecule has 25 heavy (non-hydrogen) atoms. The van der Waals surface area contributed by atoms with E-state index in [4.69, 9.17) is 9.47 Å². The second-order valence-corrected chi connectivity index (χ2v) is 6.65. The Morgan fingerprint density at radius 1 is 1.12 bits per heavy atom. The zero-order valence-corrected chi connectivity index (χ0v) is 14.4. The molecule has 0 amide bonds. The highest BCUT2D eigenvalue weighted by molar-refractivity contribution is 7.92. The number of nitrogens with zero attached hydrogens (tertiary/aromatic N) is 3. The van der Waals surface area contributed by atoms with Crippen molar-refractivity contribution in [3.8, 4) is 17.3 Å². The molecule has 0 atom stereocenters. The molecule has 2 heterocycles. The quantitative estimate of drug-likeness (QED) is 0.723. The molecular weight excluding hydrogens is 344 g/mol. The summed E-state index contributed by atoms with van der Waals surface area (Å²) < 4.78 is 39.8. The third-order valence-electron chi connectivity index (χ3n) is 3.43. The molecule has 3 aromatic rings. The van der Waals surface area contributed by atoms with Crippen molar-refractivity contribution >= 4 is 15.7 Å². The number of hydrogen-bond acceptors (Lipinski definition) is 6. The van der Waals surface area contributed by atoms with E-state index >= 15 is 0 Å². The lowest BCUT2D eigenvalue weighted by Gasteiger charge is -2.13. The molecule has 8 nitrogen and oxygen atoms in total. The van der Waals surface area contributed by atoms with Crippen molar-refractivity contribution < 1.29 is 17.9 Å². The Balaban J connectivity index is 1.89. The number of benzene rings is 1. The number of anilines is 1. The third-order valence-corrected chi connectivity index (χ3v) is 4.83. The summed E-state index contributed by atoms with van der Waals surface area (Å²) in [6, 6.07) is 7.86. The molecule has 0 spiro atoms. The molecule has 0 radical (unpaired) electrons. The van der Waals surface area contributed by atoms with Gasteiger partial charge in [0.05, 0.1) is 26.1 Å². The molecule has 1 aromatic carbocycles. The zero-order valence-electron chi connectivity index (χ0n) is 13.6. The van der Waals surface area contributed by atoms with Gasteiger partial charge in [0.2, 0.25) is 0 Å². The van der Waals surface area contributed by atoms with Crippen LogP contribution in [0.2, 0.25) is 0 Å². The van der Waals surface area contributed by atoms with Crippen LogP contribution in [0.5, 0.6) is 11.5 Å². The molecule has 9 heteroatoms. The first-order valence-corrected chi connectivity index (χ1v) is 8.71. The molecule has 0 aliphatic rings. The molecule has 3 rings (SSSR count). The van der Waals surface area contributed by atoms with Gasteiger partial charge in [0.1, 0.15) is 28.5 Å². The molecule has 0 saturated carbocycles. The largest absolute Gasteiger partial charge is 0.497 e. The first kappa shape index (κ1) is 16.8. The maximum absolute atomic E-state index is 12.7. The van der Waals surface area contributed by atoms with Crippen LogP contribution >= 0.6 is 0 Å². The van der Waals surface area contributed by atoms with E-state index in [-0.39, 0.29) is 10.6 Å². The third kappa shape index (κ3) is 3.56. The molecule has 1 N–H and O–H groups in total. The first-order chi connectivity index (χ1) is 12.0. The maximum Gasteiger partial charge on any atom is 0.265 e. The predicted molar refractivity (Wildman–Crippen MR) is 91.7 cm³/mol. The van der Waals surface area contributed by atoms with E-state index in [1.54, 1.807) is 41.5 Å². The lowest BCUT2D eigenvalue weighted by atomic mass is 10.3. The van der Waals surface area contributed by atoms with Crippen molar-refractivity contribution in [2.45, 2.75) is 4.90 Å². The van der Waals surface area contributed by atoms with Gasteiger partial charge in [-0.2, -0.15) is 0 Å². The summed E-state index contributed by atoms with van der Waals surface area (Å²) in [6.07, 6.45) is 6.41. The number of rotatable bonds is 6. The number of nitrogens with one attached hydrogen (secondary N) is 1. The molecule has 0 aliphatic heterocycles. The van der Waals surface area contributed by atoms with Crippen molar-refractivity contribution in [1.82, 2.24) is 14.5 Å². The minimum atomic E-state index is -3.87. The van der Waals surface area contributed by atoms with Crippen molar-refractivity contribution in [2.24, 2.45) is 0 Å². The average Bonchev–Trinajstić information content (AvgIpc) is 3.16. The second kappa shape index (κ2) is 6.81. The van der Waals surface area contributed by atoms with Crippen LogP contribution < -0.4 is 14.2 Å². The number of aromatic nitrogens is 3. The summed E-state index contributed by atoms with van der Waals surface area (Å²) in [5.41, 5.74) is 0.328. The zero-order chi connectivity index (χ0) is 17.9.